The van der Waals surface area contributed by atoms with Crippen molar-refractivity contribution in [2.45, 2.75) is 20.3 Å². The Labute approximate surface area is 121 Å². The number of ether oxygens (including phenoxy) is 1. The smallest absolute Gasteiger partial charge is 0.218 e. The molecule has 3 heterocycles. The van der Waals surface area contributed by atoms with Gasteiger partial charge in [0.2, 0.25) is 5.88 Å². The maximum atomic E-state index is 5.54. The highest BCUT2D eigenvalue weighted by Gasteiger charge is 2.36. The molecule has 110 valence electrons. The van der Waals surface area contributed by atoms with E-state index in [0.29, 0.717) is 12.5 Å². The van der Waals surface area contributed by atoms with E-state index in [1.165, 1.54) is 19.5 Å². The average Bonchev–Trinajstić information content (AvgIpc) is 2.81. The molecule has 2 saturated heterocycles. The minimum atomic E-state index is 0.645. The number of likely N-dealkylation sites (tertiary alicyclic amines) is 1. The van der Waals surface area contributed by atoms with Crippen LogP contribution in [0.4, 0.5) is 5.82 Å². The second-order valence-electron chi connectivity index (χ2n) is 6.02. The van der Waals surface area contributed by atoms with E-state index in [2.05, 4.69) is 26.8 Å². The molecule has 2 aliphatic rings. The van der Waals surface area contributed by atoms with Crippen molar-refractivity contribution in [1.82, 2.24) is 14.9 Å². The highest BCUT2D eigenvalue weighted by Crippen LogP contribution is 2.33. The summed E-state index contributed by atoms with van der Waals surface area (Å²) < 4.78 is 5.54. The molecule has 2 atom stereocenters. The molecule has 2 aliphatic heterocycles. The Morgan fingerprint density at radius 1 is 1.25 bits per heavy atom. The fourth-order valence-corrected chi connectivity index (χ4v) is 3.45. The van der Waals surface area contributed by atoms with E-state index < -0.39 is 0 Å². The number of rotatable bonds is 3. The third-order valence-electron chi connectivity index (χ3n) is 4.42. The molecular formula is C15H24N4O. The predicted octanol–water partition coefficient (Wildman–Crippen LogP) is 1.57. The predicted molar refractivity (Wildman–Crippen MR) is 79.2 cm³/mol. The van der Waals surface area contributed by atoms with Crippen LogP contribution in [0, 0.1) is 18.8 Å². The van der Waals surface area contributed by atoms with Gasteiger partial charge in [-0.2, -0.15) is 4.98 Å². The second-order valence-corrected chi connectivity index (χ2v) is 6.02. The number of aromatic nitrogens is 2. The Balaban J connectivity index is 1.77. The van der Waals surface area contributed by atoms with Gasteiger partial charge in [0.1, 0.15) is 11.6 Å². The lowest BCUT2D eigenvalue weighted by molar-refractivity contribution is 0.178. The van der Waals surface area contributed by atoms with E-state index in [-0.39, 0.29) is 0 Å². The number of aryl methyl sites for hydroxylation is 1. The average molecular weight is 276 g/mol. The molecule has 0 bridgehead atoms. The largest absolute Gasteiger partial charge is 0.478 e. The molecule has 2 fully saturated rings. The fourth-order valence-electron chi connectivity index (χ4n) is 3.45. The number of nitrogens with zero attached hydrogens (tertiary/aromatic N) is 4. The molecule has 20 heavy (non-hydrogen) atoms. The summed E-state index contributed by atoms with van der Waals surface area (Å²) in [4.78, 5) is 13.8. The summed E-state index contributed by atoms with van der Waals surface area (Å²) >= 11 is 0. The van der Waals surface area contributed by atoms with E-state index in [4.69, 9.17) is 4.74 Å². The van der Waals surface area contributed by atoms with Crippen LogP contribution in [0.1, 0.15) is 19.2 Å². The summed E-state index contributed by atoms with van der Waals surface area (Å²) in [6.07, 6.45) is 1.31. The van der Waals surface area contributed by atoms with Crippen LogP contribution in [0.3, 0.4) is 0 Å². The van der Waals surface area contributed by atoms with Gasteiger partial charge in [0, 0.05) is 25.7 Å². The van der Waals surface area contributed by atoms with Gasteiger partial charge in [-0.1, -0.05) is 0 Å². The summed E-state index contributed by atoms with van der Waals surface area (Å²) in [5, 5.41) is 0. The first-order valence-electron chi connectivity index (χ1n) is 7.57. The van der Waals surface area contributed by atoms with Gasteiger partial charge < -0.3 is 14.5 Å². The van der Waals surface area contributed by atoms with Crippen molar-refractivity contribution in [3.8, 4) is 5.88 Å². The second kappa shape index (κ2) is 5.56. The van der Waals surface area contributed by atoms with E-state index >= 15 is 0 Å². The lowest BCUT2D eigenvalue weighted by Gasteiger charge is -2.31. The van der Waals surface area contributed by atoms with Crippen LogP contribution in [0.25, 0.3) is 0 Å². The van der Waals surface area contributed by atoms with Crippen LogP contribution in [-0.2, 0) is 0 Å². The summed E-state index contributed by atoms with van der Waals surface area (Å²) in [5.74, 6) is 4.11. The molecule has 0 unspecified atom stereocenters. The first-order chi connectivity index (χ1) is 9.65. The summed E-state index contributed by atoms with van der Waals surface area (Å²) in [7, 11) is 2.22. The number of anilines is 1. The first-order valence-corrected chi connectivity index (χ1v) is 7.57. The maximum Gasteiger partial charge on any atom is 0.218 e. The van der Waals surface area contributed by atoms with Crippen LogP contribution < -0.4 is 9.64 Å². The van der Waals surface area contributed by atoms with Gasteiger partial charge in [0.05, 0.1) is 6.61 Å². The lowest BCUT2D eigenvalue weighted by atomic mass is 9.89. The molecule has 0 radical (unpaired) electrons. The molecule has 5 nitrogen and oxygen atoms in total. The van der Waals surface area contributed by atoms with Crippen LogP contribution in [0.2, 0.25) is 0 Å². The van der Waals surface area contributed by atoms with Crippen molar-refractivity contribution in [1.29, 1.82) is 0 Å². The highest BCUT2D eigenvalue weighted by molar-refractivity contribution is 5.43. The van der Waals surface area contributed by atoms with Crippen molar-refractivity contribution < 1.29 is 4.74 Å². The third-order valence-corrected chi connectivity index (χ3v) is 4.42. The minimum absolute atomic E-state index is 0.645. The zero-order chi connectivity index (χ0) is 14.1. The SMILES string of the molecule is CCOc1cc(N2C[C@H]3CN(C)CC[C@H]3C2)nc(C)n1. The minimum Gasteiger partial charge on any atom is -0.478 e. The quantitative estimate of drug-likeness (QED) is 0.838. The van der Waals surface area contributed by atoms with Crippen molar-refractivity contribution in [3.63, 3.8) is 0 Å². The van der Waals surface area contributed by atoms with Crippen LogP contribution in [0.5, 0.6) is 5.88 Å². The molecular weight excluding hydrogens is 252 g/mol. The Hall–Kier alpha value is -1.36. The molecule has 0 saturated carbocycles. The Morgan fingerprint density at radius 2 is 2.05 bits per heavy atom. The number of fused-ring (bicyclic) bond motifs is 1. The lowest BCUT2D eigenvalue weighted by Crippen LogP contribution is -2.37. The van der Waals surface area contributed by atoms with E-state index in [9.17, 15) is 0 Å². The molecule has 5 heteroatoms. The monoisotopic (exact) mass is 276 g/mol. The van der Waals surface area contributed by atoms with E-state index in [1.807, 2.05) is 19.9 Å². The topological polar surface area (TPSA) is 41.5 Å². The number of hydrogen-bond acceptors (Lipinski definition) is 5. The Morgan fingerprint density at radius 3 is 2.85 bits per heavy atom. The number of piperidine rings is 1. The van der Waals surface area contributed by atoms with Crippen LogP contribution in [0.15, 0.2) is 6.07 Å². The van der Waals surface area contributed by atoms with Gasteiger partial charge in [-0.3, -0.25) is 0 Å². The first kappa shape index (κ1) is 13.6. The van der Waals surface area contributed by atoms with Gasteiger partial charge in [0.25, 0.3) is 0 Å². The van der Waals surface area contributed by atoms with Gasteiger partial charge in [-0.05, 0) is 45.7 Å². The van der Waals surface area contributed by atoms with Gasteiger partial charge in [-0.25, -0.2) is 4.98 Å². The molecule has 1 aromatic heterocycles. The third kappa shape index (κ3) is 2.73. The molecule has 0 spiro atoms. The van der Waals surface area contributed by atoms with E-state index in [1.54, 1.807) is 0 Å². The molecule has 0 aromatic carbocycles. The molecule has 3 rings (SSSR count). The normalized spacial score (nSPS) is 26.6. The highest BCUT2D eigenvalue weighted by atomic mass is 16.5. The van der Waals surface area contributed by atoms with Crippen molar-refractivity contribution in [3.05, 3.63) is 11.9 Å². The molecule has 0 amide bonds. The fraction of sp³-hybridized carbons (Fsp3) is 0.733. The zero-order valence-corrected chi connectivity index (χ0v) is 12.7. The van der Waals surface area contributed by atoms with E-state index in [0.717, 1.165) is 36.6 Å². The standard InChI is InChI=1S/C15H24N4O/c1-4-20-15-7-14(16-11(2)17-15)19-9-12-5-6-18(3)8-13(12)10-19/h7,12-13H,4-6,8-10H2,1-3H3/t12-,13+/m0/s1. The van der Waals surface area contributed by atoms with Gasteiger partial charge >= 0.3 is 0 Å². The van der Waals surface area contributed by atoms with Crippen molar-refractivity contribution in [2.75, 3.05) is 44.7 Å². The Bertz CT molecular complexity index is 479. The molecule has 0 N–H and O–H groups in total. The summed E-state index contributed by atoms with van der Waals surface area (Å²) in [5.41, 5.74) is 0. The van der Waals surface area contributed by atoms with Gasteiger partial charge in [-0.15, -0.1) is 0 Å². The van der Waals surface area contributed by atoms with Crippen LogP contribution >= 0.6 is 0 Å². The van der Waals surface area contributed by atoms with Crippen molar-refractivity contribution in [2.24, 2.45) is 11.8 Å². The van der Waals surface area contributed by atoms with Crippen LogP contribution in [-0.4, -0.2) is 54.7 Å². The molecule has 0 aliphatic carbocycles. The zero-order valence-electron chi connectivity index (χ0n) is 12.7. The summed E-state index contributed by atoms with van der Waals surface area (Å²) in [6, 6.07) is 1.98. The maximum absolute atomic E-state index is 5.54. The van der Waals surface area contributed by atoms with Crippen molar-refractivity contribution >= 4 is 5.82 Å². The molecule has 1 aromatic rings. The Kier molecular flexibility index (Phi) is 3.78. The number of hydrogen-bond donors (Lipinski definition) is 0. The summed E-state index contributed by atoms with van der Waals surface area (Å²) in [6.45, 7) is 9.23. The van der Waals surface area contributed by atoms with Gasteiger partial charge in [0.15, 0.2) is 0 Å².